The number of anilines is 2. The van der Waals surface area contributed by atoms with Crippen molar-refractivity contribution < 1.29 is 9.53 Å². The molecule has 0 radical (unpaired) electrons. The molecule has 1 aliphatic rings. The number of carbonyl (C=O) groups excluding carboxylic acids is 1. The molecule has 0 aliphatic carbocycles. The van der Waals surface area contributed by atoms with E-state index < -0.39 is 0 Å². The van der Waals surface area contributed by atoms with Crippen LogP contribution in [0.3, 0.4) is 0 Å². The van der Waals surface area contributed by atoms with Crippen molar-refractivity contribution in [1.82, 2.24) is 19.9 Å². The first-order valence-electron chi connectivity index (χ1n) is 11.4. The standard InChI is InChI=1S/C25H32N6O2/c1-17(2)33-22-9-7-21(8-10-22)31-19(4)24(27-28-31)25(32)26-20-6-11-23(18(3)16-20)30-14-12-29(5)13-15-30/h6-11,16-17H,12-15H2,1-5H3,(H,26,32). The van der Waals surface area contributed by atoms with Crippen LogP contribution in [0, 0.1) is 13.8 Å². The molecule has 1 N–H and O–H groups in total. The van der Waals surface area contributed by atoms with Gasteiger partial charge in [-0.3, -0.25) is 4.79 Å². The lowest BCUT2D eigenvalue weighted by Crippen LogP contribution is -2.44. The van der Waals surface area contributed by atoms with Gasteiger partial charge in [0, 0.05) is 37.6 Å². The summed E-state index contributed by atoms with van der Waals surface area (Å²) in [6.45, 7) is 12.0. The lowest BCUT2D eigenvalue weighted by Gasteiger charge is -2.35. The molecule has 1 aliphatic heterocycles. The molecule has 2 heterocycles. The highest BCUT2D eigenvalue weighted by Crippen LogP contribution is 2.25. The van der Waals surface area contributed by atoms with E-state index in [1.54, 1.807) is 4.68 Å². The topological polar surface area (TPSA) is 75.5 Å². The van der Waals surface area contributed by atoms with Crippen LogP contribution >= 0.6 is 0 Å². The summed E-state index contributed by atoms with van der Waals surface area (Å²) in [5.74, 6) is 0.519. The number of benzene rings is 2. The number of nitrogens with one attached hydrogen (secondary N) is 1. The Hall–Kier alpha value is -3.39. The van der Waals surface area contributed by atoms with Gasteiger partial charge in [0.1, 0.15) is 5.75 Å². The van der Waals surface area contributed by atoms with E-state index in [0.717, 1.165) is 48.9 Å². The number of hydrogen-bond acceptors (Lipinski definition) is 6. The Labute approximate surface area is 195 Å². The molecule has 8 heteroatoms. The van der Waals surface area contributed by atoms with Crippen molar-refractivity contribution >= 4 is 17.3 Å². The molecular formula is C25H32N6O2. The van der Waals surface area contributed by atoms with Crippen molar-refractivity contribution in [3.8, 4) is 11.4 Å². The van der Waals surface area contributed by atoms with Crippen LogP contribution in [-0.2, 0) is 0 Å². The molecule has 0 bridgehead atoms. The van der Waals surface area contributed by atoms with Gasteiger partial charge in [0.25, 0.3) is 5.91 Å². The predicted octanol–water partition coefficient (Wildman–Crippen LogP) is 3.68. The molecule has 0 atom stereocenters. The second kappa shape index (κ2) is 9.62. The van der Waals surface area contributed by atoms with Crippen molar-refractivity contribution in [2.45, 2.75) is 33.8 Å². The highest BCUT2D eigenvalue weighted by molar-refractivity contribution is 6.03. The molecule has 8 nitrogen and oxygen atoms in total. The molecule has 1 amide bonds. The van der Waals surface area contributed by atoms with E-state index in [1.807, 2.05) is 57.2 Å². The third-order valence-corrected chi connectivity index (χ3v) is 5.86. The van der Waals surface area contributed by atoms with Gasteiger partial charge in [-0.2, -0.15) is 0 Å². The van der Waals surface area contributed by atoms with Gasteiger partial charge in [-0.05, 0) is 82.8 Å². The summed E-state index contributed by atoms with van der Waals surface area (Å²) in [6.07, 6.45) is 0.110. The molecule has 1 fully saturated rings. The lowest BCUT2D eigenvalue weighted by atomic mass is 10.1. The van der Waals surface area contributed by atoms with Crippen LogP contribution in [-0.4, -0.2) is 65.1 Å². The monoisotopic (exact) mass is 448 g/mol. The van der Waals surface area contributed by atoms with Crippen molar-refractivity contribution in [1.29, 1.82) is 0 Å². The Morgan fingerprint density at radius 1 is 1.03 bits per heavy atom. The molecule has 0 unspecified atom stereocenters. The number of carbonyl (C=O) groups is 1. The predicted molar refractivity (Wildman–Crippen MR) is 131 cm³/mol. The zero-order valence-electron chi connectivity index (χ0n) is 20.0. The third-order valence-electron chi connectivity index (χ3n) is 5.86. The second-order valence-electron chi connectivity index (χ2n) is 8.84. The summed E-state index contributed by atoms with van der Waals surface area (Å²) in [7, 11) is 2.15. The maximum absolute atomic E-state index is 12.9. The number of nitrogens with zero attached hydrogens (tertiary/aromatic N) is 5. The Bertz CT molecular complexity index is 1110. The zero-order chi connectivity index (χ0) is 23.5. The Morgan fingerprint density at radius 2 is 1.73 bits per heavy atom. The lowest BCUT2D eigenvalue weighted by molar-refractivity contribution is 0.102. The van der Waals surface area contributed by atoms with E-state index in [4.69, 9.17) is 4.74 Å². The maximum atomic E-state index is 12.9. The smallest absolute Gasteiger partial charge is 0.278 e. The van der Waals surface area contributed by atoms with Crippen molar-refractivity contribution in [2.24, 2.45) is 0 Å². The van der Waals surface area contributed by atoms with Crippen LogP contribution in [0.4, 0.5) is 11.4 Å². The minimum atomic E-state index is -0.273. The van der Waals surface area contributed by atoms with Gasteiger partial charge < -0.3 is 19.9 Å². The van der Waals surface area contributed by atoms with E-state index in [9.17, 15) is 4.79 Å². The van der Waals surface area contributed by atoms with Crippen molar-refractivity contribution in [3.05, 3.63) is 59.4 Å². The number of aromatic nitrogens is 3. The molecule has 1 saturated heterocycles. The molecule has 4 rings (SSSR count). The van der Waals surface area contributed by atoms with E-state index in [0.29, 0.717) is 11.4 Å². The average molecular weight is 449 g/mol. The molecule has 0 spiro atoms. The fraction of sp³-hybridized carbons (Fsp3) is 0.400. The molecule has 3 aromatic rings. The van der Waals surface area contributed by atoms with Crippen LogP contribution in [0.1, 0.15) is 35.6 Å². The summed E-state index contributed by atoms with van der Waals surface area (Å²) in [6, 6.07) is 13.6. The Kier molecular flexibility index (Phi) is 6.65. The van der Waals surface area contributed by atoms with Crippen LogP contribution < -0.4 is 15.0 Å². The fourth-order valence-electron chi connectivity index (χ4n) is 4.05. The number of ether oxygens (including phenoxy) is 1. The zero-order valence-corrected chi connectivity index (χ0v) is 20.0. The van der Waals surface area contributed by atoms with Crippen LogP contribution in [0.2, 0.25) is 0 Å². The number of likely N-dealkylation sites (N-methyl/N-ethyl adjacent to an activating group) is 1. The van der Waals surface area contributed by atoms with Gasteiger partial charge in [-0.1, -0.05) is 5.21 Å². The second-order valence-corrected chi connectivity index (χ2v) is 8.84. The first-order chi connectivity index (χ1) is 15.8. The van der Waals surface area contributed by atoms with Crippen molar-refractivity contribution in [2.75, 3.05) is 43.4 Å². The summed E-state index contributed by atoms with van der Waals surface area (Å²) in [4.78, 5) is 17.7. The van der Waals surface area contributed by atoms with E-state index in [2.05, 4.69) is 45.5 Å². The fourth-order valence-corrected chi connectivity index (χ4v) is 4.05. The Morgan fingerprint density at radius 3 is 2.36 bits per heavy atom. The molecule has 0 saturated carbocycles. The van der Waals surface area contributed by atoms with Crippen molar-refractivity contribution in [3.63, 3.8) is 0 Å². The van der Waals surface area contributed by atoms with Gasteiger partial charge >= 0.3 is 0 Å². The molecule has 2 aromatic carbocycles. The van der Waals surface area contributed by atoms with Gasteiger partial charge in [-0.25, -0.2) is 4.68 Å². The third kappa shape index (κ3) is 5.17. The van der Waals surface area contributed by atoms with E-state index in [-0.39, 0.29) is 12.0 Å². The summed E-state index contributed by atoms with van der Waals surface area (Å²) in [5, 5.41) is 11.3. The summed E-state index contributed by atoms with van der Waals surface area (Å²) < 4.78 is 7.35. The van der Waals surface area contributed by atoms with E-state index in [1.165, 1.54) is 5.69 Å². The summed E-state index contributed by atoms with van der Waals surface area (Å²) >= 11 is 0. The molecule has 1 aromatic heterocycles. The molecule has 33 heavy (non-hydrogen) atoms. The summed E-state index contributed by atoms with van der Waals surface area (Å²) in [5.41, 5.74) is 4.91. The quantitative estimate of drug-likeness (QED) is 0.620. The highest BCUT2D eigenvalue weighted by Gasteiger charge is 2.19. The maximum Gasteiger partial charge on any atom is 0.278 e. The number of aryl methyl sites for hydroxylation is 1. The van der Waals surface area contributed by atoms with E-state index >= 15 is 0 Å². The highest BCUT2D eigenvalue weighted by atomic mass is 16.5. The molecule has 174 valence electrons. The van der Waals surface area contributed by atoms with Crippen LogP contribution in [0.25, 0.3) is 5.69 Å². The number of hydrogen-bond donors (Lipinski definition) is 1. The normalized spacial score (nSPS) is 14.5. The van der Waals surface area contributed by atoms with Gasteiger partial charge in [-0.15, -0.1) is 5.10 Å². The van der Waals surface area contributed by atoms with Gasteiger partial charge in [0.05, 0.1) is 17.5 Å². The SMILES string of the molecule is Cc1cc(NC(=O)c2nnn(-c3ccc(OC(C)C)cc3)c2C)ccc1N1CCN(C)CC1. The van der Waals surface area contributed by atoms with Gasteiger partial charge in [0.15, 0.2) is 5.69 Å². The minimum absolute atomic E-state index is 0.110. The molecular weight excluding hydrogens is 416 g/mol. The largest absolute Gasteiger partial charge is 0.491 e. The number of amides is 1. The first-order valence-corrected chi connectivity index (χ1v) is 11.4. The Balaban J connectivity index is 1.46. The first kappa shape index (κ1) is 22.8. The average Bonchev–Trinajstić information content (AvgIpc) is 3.16. The minimum Gasteiger partial charge on any atom is -0.491 e. The number of rotatable bonds is 6. The van der Waals surface area contributed by atoms with Crippen LogP contribution in [0.15, 0.2) is 42.5 Å². The van der Waals surface area contributed by atoms with Gasteiger partial charge in [0.2, 0.25) is 0 Å². The number of piperazine rings is 1. The van der Waals surface area contributed by atoms with Crippen LogP contribution in [0.5, 0.6) is 5.75 Å².